The van der Waals surface area contributed by atoms with Crippen molar-refractivity contribution >= 4 is 11.4 Å². The lowest BCUT2D eigenvalue weighted by Crippen LogP contribution is -1.99. The molecule has 0 aliphatic rings. The predicted octanol–water partition coefficient (Wildman–Crippen LogP) is 10.5. The van der Waals surface area contributed by atoms with Gasteiger partial charge in [-0.05, 0) is 133 Å². The van der Waals surface area contributed by atoms with Crippen LogP contribution < -0.4 is 11.5 Å². The first-order valence-electron chi connectivity index (χ1n) is 16.9. The molecule has 0 spiro atoms. The molecule has 4 rings (SSSR count). The molecule has 0 fully saturated rings. The van der Waals surface area contributed by atoms with Crippen molar-refractivity contribution in [2.45, 2.75) is 110 Å². The lowest BCUT2D eigenvalue weighted by Gasteiger charge is -2.13. The van der Waals surface area contributed by atoms with Crippen molar-refractivity contribution in [3.8, 4) is 0 Å². The van der Waals surface area contributed by atoms with Gasteiger partial charge < -0.3 is 11.5 Å². The molecule has 0 aromatic heterocycles. The molecule has 0 aliphatic heterocycles. The average Bonchev–Trinajstić information content (AvgIpc) is 3.02. The number of aryl methyl sites for hydroxylation is 4. The third kappa shape index (κ3) is 10.9. The first kappa shape index (κ1) is 32.4. The number of unbranched alkanes of at least 4 members (excludes halogenated alkanes) is 6. The van der Waals surface area contributed by atoms with Crippen molar-refractivity contribution in [2.24, 2.45) is 0 Å². The van der Waals surface area contributed by atoms with E-state index in [9.17, 15) is 0 Å². The molecule has 0 unspecified atom stereocenters. The van der Waals surface area contributed by atoms with Crippen LogP contribution in [0.3, 0.4) is 0 Å². The predicted molar refractivity (Wildman–Crippen MR) is 188 cm³/mol. The quantitative estimate of drug-likeness (QED) is 0.0917. The van der Waals surface area contributed by atoms with E-state index < -0.39 is 0 Å². The molecule has 0 saturated carbocycles. The van der Waals surface area contributed by atoms with E-state index in [4.69, 9.17) is 11.5 Å². The number of anilines is 2. The summed E-state index contributed by atoms with van der Waals surface area (Å²) in [5, 5.41) is 0. The van der Waals surface area contributed by atoms with E-state index in [-0.39, 0.29) is 0 Å². The van der Waals surface area contributed by atoms with Gasteiger partial charge in [-0.3, -0.25) is 0 Å². The van der Waals surface area contributed by atoms with E-state index in [2.05, 4.69) is 74.5 Å². The number of rotatable bonds is 18. The largest absolute Gasteiger partial charge is 0.399 e. The minimum atomic E-state index is 0.833. The van der Waals surface area contributed by atoms with Gasteiger partial charge in [-0.1, -0.05) is 107 Å². The summed E-state index contributed by atoms with van der Waals surface area (Å²) in [4.78, 5) is 0. The van der Waals surface area contributed by atoms with E-state index in [0.29, 0.717) is 0 Å². The molecule has 0 atom stereocenters. The number of hydrogen-bond acceptors (Lipinski definition) is 2. The van der Waals surface area contributed by atoms with E-state index in [1.807, 2.05) is 24.3 Å². The maximum Gasteiger partial charge on any atom is 0.0314 e. The van der Waals surface area contributed by atoms with E-state index in [0.717, 1.165) is 24.2 Å². The van der Waals surface area contributed by atoms with Crippen LogP contribution in [0.25, 0.3) is 0 Å². The molecule has 43 heavy (non-hydrogen) atoms. The zero-order chi connectivity index (χ0) is 30.3. The summed E-state index contributed by atoms with van der Waals surface area (Å²) >= 11 is 0. The van der Waals surface area contributed by atoms with Crippen molar-refractivity contribution in [3.05, 3.63) is 129 Å². The molecule has 0 heterocycles. The summed E-state index contributed by atoms with van der Waals surface area (Å²) in [6.07, 6.45) is 18.3. The first-order valence-corrected chi connectivity index (χ1v) is 16.9. The van der Waals surface area contributed by atoms with Gasteiger partial charge in [0, 0.05) is 11.4 Å². The van der Waals surface area contributed by atoms with Gasteiger partial charge in [-0.25, -0.2) is 0 Å². The Hall–Kier alpha value is -3.52. The Morgan fingerprint density at radius 3 is 1.12 bits per heavy atom. The second kappa shape index (κ2) is 17.6. The lowest BCUT2D eigenvalue weighted by atomic mass is 9.92. The van der Waals surface area contributed by atoms with E-state index in [1.54, 1.807) is 22.3 Å². The van der Waals surface area contributed by atoms with Crippen LogP contribution in [0.4, 0.5) is 11.4 Å². The highest BCUT2D eigenvalue weighted by Crippen LogP contribution is 2.23. The molecular formula is C41H54N2. The Morgan fingerprint density at radius 1 is 0.372 bits per heavy atom. The summed E-state index contributed by atoms with van der Waals surface area (Å²) in [7, 11) is 0. The smallest absolute Gasteiger partial charge is 0.0314 e. The second-order valence-electron chi connectivity index (χ2n) is 12.5. The Morgan fingerprint density at radius 2 is 0.721 bits per heavy atom. The minimum absolute atomic E-state index is 0.833. The number of hydrogen-bond donors (Lipinski definition) is 2. The standard InChI is InChI=1S/C41H54N2/c1-3-5-12-38-30-34(28-32-18-24-40(42)25-19-32)16-22-36(38)14-10-8-7-9-11-15-37-23-17-35(31-39(37)13-6-4-2)29-33-20-26-41(43)27-21-33/h16-27,30-31H,3-15,28-29,42-43H2,1-2H3. The topological polar surface area (TPSA) is 52.0 Å². The van der Waals surface area contributed by atoms with Crippen LogP contribution in [-0.4, -0.2) is 0 Å². The van der Waals surface area contributed by atoms with Crippen molar-refractivity contribution in [3.63, 3.8) is 0 Å². The Bertz CT molecular complexity index is 1260. The zero-order valence-electron chi connectivity index (χ0n) is 26.8. The maximum absolute atomic E-state index is 5.88. The van der Waals surface area contributed by atoms with Crippen molar-refractivity contribution in [1.29, 1.82) is 0 Å². The molecule has 0 aliphatic carbocycles. The van der Waals surface area contributed by atoms with Gasteiger partial charge in [0.05, 0.1) is 0 Å². The normalized spacial score (nSPS) is 11.2. The molecule has 4 aromatic rings. The van der Waals surface area contributed by atoms with Crippen molar-refractivity contribution < 1.29 is 0 Å². The monoisotopic (exact) mass is 574 g/mol. The average molecular weight is 575 g/mol. The number of nitrogen functional groups attached to an aromatic ring is 2. The van der Waals surface area contributed by atoms with Gasteiger partial charge in [0.1, 0.15) is 0 Å². The summed E-state index contributed by atoms with van der Waals surface area (Å²) in [6.45, 7) is 4.58. The van der Waals surface area contributed by atoms with E-state index in [1.165, 1.54) is 106 Å². The fraction of sp³-hybridized carbons (Fsp3) is 0.415. The Kier molecular flexibility index (Phi) is 13.2. The van der Waals surface area contributed by atoms with Crippen LogP contribution in [-0.2, 0) is 38.5 Å². The van der Waals surface area contributed by atoms with Crippen LogP contribution in [0.15, 0.2) is 84.9 Å². The molecule has 4 aromatic carbocycles. The summed E-state index contributed by atoms with van der Waals surface area (Å²) < 4.78 is 0. The van der Waals surface area contributed by atoms with Gasteiger partial charge >= 0.3 is 0 Å². The summed E-state index contributed by atoms with van der Waals surface area (Å²) in [5.74, 6) is 0. The van der Waals surface area contributed by atoms with E-state index >= 15 is 0 Å². The van der Waals surface area contributed by atoms with Crippen LogP contribution >= 0.6 is 0 Å². The molecular weight excluding hydrogens is 520 g/mol. The summed E-state index contributed by atoms with van der Waals surface area (Å²) in [5.41, 5.74) is 25.2. The van der Waals surface area contributed by atoms with Gasteiger partial charge in [-0.15, -0.1) is 0 Å². The second-order valence-corrected chi connectivity index (χ2v) is 12.5. The molecule has 0 radical (unpaired) electrons. The molecule has 0 saturated heterocycles. The van der Waals surface area contributed by atoms with Gasteiger partial charge in [0.25, 0.3) is 0 Å². The van der Waals surface area contributed by atoms with Gasteiger partial charge in [0.15, 0.2) is 0 Å². The maximum atomic E-state index is 5.88. The SMILES string of the molecule is CCCCc1cc(Cc2ccc(N)cc2)ccc1CCCCCCCc1ccc(Cc2ccc(N)cc2)cc1CCCC. The Balaban J connectivity index is 1.23. The number of nitrogens with two attached hydrogens (primary N) is 2. The van der Waals surface area contributed by atoms with Gasteiger partial charge in [0.2, 0.25) is 0 Å². The highest BCUT2D eigenvalue weighted by Gasteiger charge is 2.08. The highest BCUT2D eigenvalue weighted by atomic mass is 14.5. The van der Waals surface area contributed by atoms with Crippen LogP contribution in [0.1, 0.15) is 116 Å². The lowest BCUT2D eigenvalue weighted by molar-refractivity contribution is 0.610. The number of benzene rings is 4. The van der Waals surface area contributed by atoms with Gasteiger partial charge in [-0.2, -0.15) is 0 Å². The molecule has 228 valence electrons. The van der Waals surface area contributed by atoms with Crippen LogP contribution in [0.5, 0.6) is 0 Å². The fourth-order valence-electron chi connectivity index (χ4n) is 6.17. The van der Waals surface area contributed by atoms with Crippen LogP contribution in [0.2, 0.25) is 0 Å². The first-order chi connectivity index (χ1) is 21.0. The fourth-order valence-corrected chi connectivity index (χ4v) is 6.17. The summed E-state index contributed by atoms with van der Waals surface area (Å²) in [6, 6.07) is 31.1. The van der Waals surface area contributed by atoms with Crippen molar-refractivity contribution in [2.75, 3.05) is 11.5 Å². The molecule has 4 N–H and O–H groups in total. The van der Waals surface area contributed by atoms with Crippen molar-refractivity contribution in [1.82, 2.24) is 0 Å². The third-order valence-electron chi connectivity index (χ3n) is 8.81. The molecule has 2 heteroatoms. The van der Waals surface area contributed by atoms with Crippen LogP contribution in [0, 0.1) is 0 Å². The molecule has 0 amide bonds. The zero-order valence-corrected chi connectivity index (χ0v) is 26.8. The molecule has 2 nitrogen and oxygen atoms in total. The third-order valence-corrected chi connectivity index (χ3v) is 8.81. The highest BCUT2D eigenvalue weighted by molar-refractivity contribution is 5.43. The minimum Gasteiger partial charge on any atom is -0.399 e. The molecule has 0 bridgehead atoms. The Labute approximate surface area is 261 Å².